The van der Waals surface area contributed by atoms with E-state index >= 15 is 0 Å². The first kappa shape index (κ1) is 14.9. The number of rotatable bonds is 2. The second-order valence-electron chi connectivity index (χ2n) is 4.56. The molecule has 2 aromatic rings. The fourth-order valence-corrected chi connectivity index (χ4v) is 2.44. The van der Waals surface area contributed by atoms with Crippen LogP contribution in [0.15, 0.2) is 36.4 Å². The summed E-state index contributed by atoms with van der Waals surface area (Å²) in [5, 5.41) is 6.52. The molecule has 0 radical (unpaired) electrons. The first-order valence-corrected chi connectivity index (χ1v) is 7.33. The molecule has 2 aromatic carbocycles. The van der Waals surface area contributed by atoms with E-state index in [-0.39, 0.29) is 5.02 Å². The first-order chi connectivity index (χ1) is 10.6. The fourth-order valence-electron chi connectivity index (χ4n) is 2.00. The summed E-state index contributed by atoms with van der Waals surface area (Å²) in [6.07, 6.45) is 0. The molecule has 1 heterocycles. The molecule has 7 heteroatoms. The van der Waals surface area contributed by atoms with Crippen LogP contribution in [0.4, 0.5) is 15.8 Å². The average Bonchev–Trinajstić information content (AvgIpc) is 2.50. The minimum atomic E-state index is -0.402. The van der Waals surface area contributed by atoms with E-state index in [9.17, 15) is 4.39 Å². The Labute approximate surface area is 137 Å². The van der Waals surface area contributed by atoms with Gasteiger partial charge in [0, 0.05) is 11.8 Å². The highest BCUT2D eigenvalue weighted by Gasteiger charge is 2.12. The number of benzene rings is 2. The summed E-state index contributed by atoms with van der Waals surface area (Å²) in [5.41, 5.74) is 1.28. The molecule has 0 saturated heterocycles. The van der Waals surface area contributed by atoms with E-state index in [4.69, 9.17) is 33.3 Å². The number of hydrogen-bond acceptors (Lipinski definition) is 3. The Morgan fingerprint density at radius 1 is 1.05 bits per heavy atom. The van der Waals surface area contributed by atoms with Crippen LogP contribution < -0.4 is 20.1 Å². The Kier molecular flexibility index (Phi) is 4.31. The number of thiocarbonyl (C=S) groups is 1. The summed E-state index contributed by atoms with van der Waals surface area (Å²) in [6, 6.07) is 9.49. The van der Waals surface area contributed by atoms with Crippen LogP contribution in [-0.4, -0.2) is 18.3 Å². The quantitative estimate of drug-likeness (QED) is 0.808. The summed E-state index contributed by atoms with van der Waals surface area (Å²) >= 11 is 11.2. The zero-order valence-corrected chi connectivity index (χ0v) is 12.9. The lowest BCUT2D eigenvalue weighted by Gasteiger charge is -2.19. The van der Waals surface area contributed by atoms with Crippen LogP contribution in [-0.2, 0) is 0 Å². The third-order valence-corrected chi connectivity index (χ3v) is 3.50. The maximum absolute atomic E-state index is 13.0. The van der Waals surface area contributed by atoms with E-state index in [0.717, 1.165) is 5.69 Å². The van der Waals surface area contributed by atoms with Crippen molar-refractivity contribution in [2.45, 2.75) is 0 Å². The van der Waals surface area contributed by atoms with Crippen molar-refractivity contribution >= 4 is 40.3 Å². The maximum Gasteiger partial charge on any atom is 0.175 e. The van der Waals surface area contributed by atoms with Gasteiger partial charge in [0.2, 0.25) is 0 Å². The molecule has 3 rings (SSSR count). The van der Waals surface area contributed by atoms with Crippen LogP contribution in [0.5, 0.6) is 11.5 Å². The largest absolute Gasteiger partial charge is 0.486 e. The van der Waals surface area contributed by atoms with Crippen LogP contribution >= 0.6 is 23.8 Å². The lowest BCUT2D eigenvalue weighted by atomic mass is 10.2. The van der Waals surface area contributed by atoms with Gasteiger partial charge in [-0.25, -0.2) is 4.39 Å². The molecule has 0 fully saturated rings. The van der Waals surface area contributed by atoms with Gasteiger partial charge in [-0.3, -0.25) is 0 Å². The van der Waals surface area contributed by atoms with Crippen molar-refractivity contribution in [1.29, 1.82) is 0 Å². The normalized spacial score (nSPS) is 12.6. The van der Waals surface area contributed by atoms with Gasteiger partial charge in [0.1, 0.15) is 19.0 Å². The Morgan fingerprint density at radius 3 is 2.59 bits per heavy atom. The van der Waals surface area contributed by atoms with E-state index < -0.39 is 5.82 Å². The molecule has 114 valence electrons. The van der Waals surface area contributed by atoms with E-state index in [1.54, 1.807) is 6.07 Å². The van der Waals surface area contributed by atoms with Crippen molar-refractivity contribution in [3.8, 4) is 11.5 Å². The van der Waals surface area contributed by atoms with Crippen molar-refractivity contribution in [3.05, 3.63) is 47.2 Å². The molecule has 0 spiro atoms. The average molecular weight is 339 g/mol. The molecule has 0 saturated carbocycles. The van der Waals surface area contributed by atoms with Crippen molar-refractivity contribution in [1.82, 2.24) is 0 Å². The van der Waals surface area contributed by atoms with Crippen LogP contribution in [0.25, 0.3) is 0 Å². The molecule has 0 unspecified atom stereocenters. The zero-order valence-electron chi connectivity index (χ0n) is 11.4. The van der Waals surface area contributed by atoms with Crippen molar-refractivity contribution in [2.24, 2.45) is 0 Å². The number of anilines is 2. The summed E-state index contributed by atoms with van der Waals surface area (Å²) in [4.78, 5) is 0. The minimum absolute atomic E-state index is 0.256. The number of nitrogens with one attached hydrogen (secondary N) is 2. The van der Waals surface area contributed by atoms with Crippen molar-refractivity contribution in [3.63, 3.8) is 0 Å². The maximum atomic E-state index is 13.0. The monoisotopic (exact) mass is 338 g/mol. The zero-order chi connectivity index (χ0) is 15.5. The molecule has 22 heavy (non-hydrogen) atoms. The molecule has 4 nitrogen and oxygen atoms in total. The third-order valence-electron chi connectivity index (χ3n) is 2.98. The highest BCUT2D eigenvalue weighted by Crippen LogP contribution is 2.32. The Bertz CT molecular complexity index is 727. The standard InChI is InChI=1S/C15H12ClFN2O2S/c16-11-7-9(17)1-3-12(11)19-15(22)18-10-2-4-13-14(8-10)21-6-5-20-13/h1-4,7-8H,5-6H2,(H2,18,19,22). The number of ether oxygens (including phenoxy) is 2. The first-order valence-electron chi connectivity index (χ1n) is 6.54. The Morgan fingerprint density at radius 2 is 1.82 bits per heavy atom. The lowest BCUT2D eigenvalue weighted by Crippen LogP contribution is -2.20. The summed E-state index contributed by atoms with van der Waals surface area (Å²) < 4.78 is 24.0. The molecular formula is C15H12ClFN2O2S. The van der Waals surface area contributed by atoms with E-state index in [2.05, 4.69) is 10.6 Å². The fraction of sp³-hybridized carbons (Fsp3) is 0.133. The van der Waals surface area contributed by atoms with Gasteiger partial charge in [0.15, 0.2) is 16.6 Å². The van der Waals surface area contributed by atoms with Gasteiger partial charge < -0.3 is 20.1 Å². The molecular weight excluding hydrogens is 327 g/mol. The van der Waals surface area contributed by atoms with Gasteiger partial charge in [-0.15, -0.1) is 0 Å². The highest BCUT2D eigenvalue weighted by atomic mass is 35.5. The Hall–Kier alpha value is -2.05. The SMILES string of the molecule is Fc1ccc(NC(=S)Nc2ccc3c(c2)OCCO3)c(Cl)c1. The summed E-state index contributed by atoms with van der Waals surface area (Å²) in [5.74, 6) is 0.970. The number of hydrogen-bond donors (Lipinski definition) is 2. The smallest absolute Gasteiger partial charge is 0.175 e. The van der Waals surface area contributed by atoms with Crippen LogP contribution in [0.3, 0.4) is 0 Å². The third kappa shape index (κ3) is 3.40. The second kappa shape index (κ2) is 6.37. The molecule has 2 N–H and O–H groups in total. The van der Waals surface area contributed by atoms with Gasteiger partial charge in [0.05, 0.1) is 10.7 Å². The lowest BCUT2D eigenvalue weighted by molar-refractivity contribution is 0.171. The molecule has 0 aliphatic carbocycles. The van der Waals surface area contributed by atoms with Gasteiger partial charge in [-0.2, -0.15) is 0 Å². The van der Waals surface area contributed by atoms with E-state index in [1.165, 1.54) is 18.2 Å². The Balaban J connectivity index is 1.69. The summed E-state index contributed by atoms with van der Waals surface area (Å²) in [7, 11) is 0. The second-order valence-corrected chi connectivity index (χ2v) is 5.38. The van der Waals surface area contributed by atoms with E-state index in [0.29, 0.717) is 35.5 Å². The van der Waals surface area contributed by atoms with Gasteiger partial charge in [-0.05, 0) is 42.5 Å². The van der Waals surface area contributed by atoms with Crippen molar-refractivity contribution in [2.75, 3.05) is 23.8 Å². The molecule has 0 bridgehead atoms. The van der Waals surface area contributed by atoms with Gasteiger partial charge in [0.25, 0.3) is 0 Å². The minimum Gasteiger partial charge on any atom is -0.486 e. The topological polar surface area (TPSA) is 42.5 Å². The molecule has 1 aliphatic rings. The predicted molar refractivity (Wildman–Crippen MR) is 88.7 cm³/mol. The highest BCUT2D eigenvalue weighted by molar-refractivity contribution is 7.80. The summed E-state index contributed by atoms with van der Waals surface area (Å²) in [6.45, 7) is 1.06. The number of halogens is 2. The van der Waals surface area contributed by atoms with E-state index in [1.807, 2.05) is 12.1 Å². The van der Waals surface area contributed by atoms with Gasteiger partial charge >= 0.3 is 0 Å². The molecule has 0 atom stereocenters. The predicted octanol–water partition coefficient (Wildman–Crippen LogP) is 4.06. The van der Waals surface area contributed by atoms with Crippen molar-refractivity contribution < 1.29 is 13.9 Å². The van der Waals surface area contributed by atoms with Crippen LogP contribution in [0.1, 0.15) is 0 Å². The number of fused-ring (bicyclic) bond motifs is 1. The molecule has 1 aliphatic heterocycles. The van der Waals surface area contributed by atoms with Crippen LogP contribution in [0, 0.1) is 5.82 Å². The molecule has 0 aromatic heterocycles. The molecule has 0 amide bonds. The van der Waals surface area contributed by atoms with Gasteiger partial charge in [-0.1, -0.05) is 11.6 Å². The van der Waals surface area contributed by atoms with Crippen LogP contribution in [0.2, 0.25) is 5.02 Å².